The number of rotatable bonds is 7. The average Bonchev–Trinajstić information content (AvgIpc) is 2.97. The standard InChI is InChI=1S/C20H26N4O/c1-4-23(11-17-7-5-6-8-21-17)12-18(25)13-24-14-22-19-9-15(2)16(3)10-20(19)24/h5-10,14,18,25H,4,11-13H2,1-3H3. The van der Waals surface area contributed by atoms with Crippen LogP contribution in [0.4, 0.5) is 0 Å². The zero-order valence-electron chi connectivity index (χ0n) is 15.2. The normalized spacial score (nSPS) is 12.8. The van der Waals surface area contributed by atoms with Crippen LogP contribution in [-0.4, -0.2) is 43.7 Å². The van der Waals surface area contributed by atoms with Crippen LogP contribution in [0.5, 0.6) is 0 Å². The molecule has 0 saturated carbocycles. The summed E-state index contributed by atoms with van der Waals surface area (Å²) in [5.74, 6) is 0. The SMILES string of the molecule is CCN(Cc1ccccn1)CC(O)Cn1cnc2cc(C)c(C)cc21. The first-order valence-corrected chi connectivity index (χ1v) is 8.79. The van der Waals surface area contributed by atoms with Crippen molar-refractivity contribution in [1.82, 2.24) is 19.4 Å². The predicted octanol–water partition coefficient (Wildman–Crippen LogP) is 2.93. The molecule has 0 radical (unpaired) electrons. The molecule has 1 aromatic carbocycles. The molecule has 1 atom stereocenters. The lowest BCUT2D eigenvalue weighted by Crippen LogP contribution is -2.34. The fourth-order valence-electron chi connectivity index (χ4n) is 3.07. The van der Waals surface area contributed by atoms with Crippen molar-refractivity contribution in [3.63, 3.8) is 0 Å². The van der Waals surface area contributed by atoms with Gasteiger partial charge in [0.05, 0.1) is 35.7 Å². The Kier molecular flexibility index (Phi) is 5.46. The molecule has 1 unspecified atom stereocenters. The maximum Gasteiger partial charge on any atom is 0.0959 e. The molecule has 0 spiro atoms. The van der Waals surface area contributed by atoms with Crippen molar-refractivity contribution < 1.29 is 5.11 Å². The summed E-state index contributed by atoms with van der Waals surface area (Å²) in [7, 11) is 0. The van der Waals surface area contributed by atoms with Crippen LogP contribution in [0.15, 0.2) is 42.9 Å². The van der Waals surface area contributed by atoms with Gasteiger partial charge in [0.2, 0.25) is 0 Å². The van der Waals surface area contributed by atoms with E-state index in [2.05, 4.69) is 47.8 Å². The summed E-state index contributed by atoms with van der Waals surface area (Å²) in [6.07, 6.45) is 3.17. The number of aryl methyl sites for hydroxylation is 2. The number of imidazole rings is 1. The third-order valence-corrected chi connectivity index (χ3v) is 4.67. The highest BCUT2D eigenvalue weighted by atomic mass is 16.3. The number of benzene rings is 1. The smallest absolute Gasteiger partial charge is 0.0959 e. The van der Waals surface area contributed by atoms with E-state index in [-0.39, 0.29) is 0 Å². The Morgan fingerprint density at radius 1 is 1.16 bits per heavy atom. The molecule has 0 amide bonds. The van der Waals surface area contributed by atoms with E-state index in [1.807, 2.05) is 35.3 Å². The molecule has 0 bridgehead atoms. The van der Waals surface area contributed by atoms with Gasteiger partial charge in [-0.2, -0.15) is 0 Å². The van der Waals surface area contributed by atoms with Crippen LogP contribution in [0.2, 0.25) is 0 Å². The minimum absolute atomic E-state index is 0.456. The largest absolute Gasteiger partial charge is 0.390 e. The van der Waals surface area contributed by atoms with Gasteiger partial charge in [-0.25, -0.2) is 4.98 Å². The molecule has 5 heteroatoms. The minimum atomic E-state index is -0.456. The Morgan fingerprint density at radius 2 is 1.96 bits per heavy atom. The number of aliphatic hydroxyl groups is 1. The quantitative estimate of drug-likeness (QED) is 0.720. The highest BCUT2D eigenvalue weighted by Crippen LogP contribution is 2.18. The second kappa shape index (κ2) is 7.76. The third-order valence-electron chi connectivity index (χ3n) is 4.67. The number of aromatic nitrogens is 3. The predicted molar refractivity (Wildman–Crippen MR) is 100 cm³/mol. The van der Waals surface area contributed by atoms with Gasteiger partial charge in [0.25, 0.3) is 0 Å². The van der Waals surface area contributed by atoms with E-state index >= 15 is 0 Å². The second-order valence-electron chi connectivity index (χ2n) is 6.62. The first kappa shape index (κ1) is 17.6. The number of pyridine rings is 1. The van der Waals surface area contributed by atoms with Gasteiger partial charge in [-0.05, 0) is 55.8 Å². The van der Waals surface area contributed by atoms with Gasteiger partial charge in [-0.15, -0.1) is 0 Å². The summed E-state index contributed by atoms with van der Waals surface area (Å²) in [5, 5.41) is 10.6. The van der Waals surface area contributed by atoms with Crippen molar-refractivity contribution in [3.05, 3.63) is 59.7 Å². The van der Waals surface area contributed by atoms with Crippen LogP contribution in [0.3, 0.4) is 0 Å². The van der Waals surface area contributed by atoms with Crippen molar-refractivity contribution in [1.29, 1.82) is 0 Å². The van der Waals surface area contributed by atoms with Gasteiger partial charge in [-0.1, -0.05) is 13.0 Å². The van der Waals surface area contributed by atoms with E-state index < -0.39 is 6.10 Å². The summed E-state index contributed by atoms with van der Waals surface area (Å²) in [6.45, 7) is 9.07. The molecule has 3 rings (SSSR count). The summed E-state index contributed by atoms with van der Waals surface area (Å²) in [4.78, 5) is 11.0. The summed E-state index contributed by atoms with van der Waals surface area (Å²) in [5.41, 5.74) is 5.57. The number of likely N-dealkylation sites (N-methyl/N-ethyl adjacent to an activating group) is 1. The lowest BCUT2D eigenvalue weighted by atomic mass is 10.1. The Morgan fingerprint density at radius 3 is 2.68 bits per heavy atom. The van der Waals surface area contributed by atoms with Crippen LogP contribution in [0.1, 0.15) is 23.7 Å². The summed E-state index contributed by atoms with van der Waals surface area (Å²) >= 11 is 0. The molecular weight excluding hydrogens is 312 g/mol. The van der Waals surface area contributed by atoms with E-state index in [0.717, 1.165) is 29.8 Å². The monoisotopic (exact) mass is 338 g/mol. The molecule has 1 N–H and O–H groups in total. The lowest BCUT2D eigenvalue weighted by molar-refractivity contribution is 0.0974. The van der Waals surface area contributed by atoms with Crippen LogP contribution in [-0.2, 0) is 13.1 Å². The van der Waals surface area contributed by atoms with Gasteiger partial charge in [-0.3, -0.25) is 9.88 Å². The first-order chi connectivity index (χ1) is 12.1. The Hall–Kier alpha value is -2.24. The molecule has 132 valence electrons. The van der Waals surface area contributed by atoms with Crippen molar-refractivity contribution in [2.24, 2.45) is 0 Å². The van der Waals surface area contributed by atoms with Gasteiger partial charge in [0, 0.05) is 19.3 Å². The molecule has 25 heavy (non-hydrogen) atoms. The van der Waals surface area contributed by atoms with Crippen LogP contribution >= 0.6 is 0 Å². The van der Waals surface area contributed by atoms with Gasteiger partial charge < -0.3 is 9.67 Å². The molecule has 0 aliphatic rings. The van der Waals surface area contributed by atoms with Gasteiger partial charge in [0.1, 0.15) is 0 Å². The molecule has 0 saturated heterocycles. The van der Waals surface area contributed by atoms with Crippen LogP contribution < -0.4 is 0 Å². The lowest BCUT2D eigenvalue weighted by Gasteiger charge is -2.23. The second-order valence-corrected chi connectivity index (χ2v) is 6.62. The number of nitrogens with zero attached hydrogens (tertiary/aromatic N) is 4. The maximum atomic E-state index is 10.6. The molecule has 2 aromatic heterocycles. The molecule has 5 nitrogen and oxygen atoms in total. The van der Waals surface area contributed by atoms with Crippen LogP contribution in [0, 0.1) is 13.8 Å². The zero-order valence-corrected chi connectivity index (χ0v) is 15.2. The highest BCUT2D eigenvalue weighted by Gasteiger charge is 2.14. The van der Waals surface area contributed by atoms with Crippen molar-refractivity contribution in [3.8, 4) is 0 Å². The van der Waals surface area contributed by atoms with E-state index in [1.165, 1.54) is 11.1 Å². The number of aliphatic hydroxyl groups excluding tert-OH is 1. The number of hydrogen-bond acceptors (Lipinski definition) is 4. The van der Waals surface area contributed by atoms with Crippen LogP contribution in [0.25, 0.3) is 11.0 Å². The van der Waals surface area contributed by atoms with Crippen molar-refractivity contribution in [2.45, 2.75) is 40.0 Å². The van der Waals surface area contributed by atoms with Crippen molar-refractivity contribution in [2.75, 3.05) is 13.1 Å². The minimum Gasteiger partial charge on any atom is -0.390 e. The fourth-order valence-corrected chi connectivity index (χ4v) is 3.07. The van der Waals surface area contributed by atoms with E-state index in [1.54, 1.807) is 0 Å². The third kappa shape index (κ3) is 4.24. The molecule has 0 fully saturated rings. The molecule has 3 aromatic rings. The Bertz CT molecular complexity index is 828. The number of hydrogen-bond donors (Lipinski definition) is 1. The fraction of sp³-hybridized carbons (Fsp3) is 0.400. The van der Waals surface area contributed by atoms with Gasteiger partial charge >= 0.3 is 0 Å². The van der Waals surface area contributed by atoms with E-state index in [4.69, 9.17) is 0 Å². The average molecular weight is 338 g/mol. The number of fused-ring (bicyclic) bond motifs is 1. The molecule has 0 aliphatic heterocycles. The molecule has 2 heterocycles. The van der Waals surface area contributed by atoms with E-state index in [9.17, 15) is 5.11 Å². The van der Waals surface area contributed by atoms with Gasteiger partial charge in [0.15, 0.2) is 0 Å². The topological polar surface area (TPSA) is 54.2 Å². The highest BCUT2D eigenvalue weighted by molar-refractivity contribution is 5.77. The van der Waals surface area contributed by atoms with E-state index in [0.29, 0.717) is 13.1 Å². The van der Waals surface area contributed by atoms with Crippen molar-refractivity contribution >= 4 is 11.0 Å². The maximum absolute atomic E-state index is 10.6. The Balaban J connectivity index is 1.67. The molecular formula is C20H26N4O. The molecule has 0 aliphatic carbocycles. The first-order valence-electron chi connectivity index (χ1n) is 8.79. The Labute approximate surface area is 149 Å². The summed E-state index contributed by atoms with van der Waals surface area (Å²) in [6, 6.07) is 10.2. The zero-order chi connectivity index (χ0) is 17.8. The summed E-state index contributed by atoms with van der Waals surface area (Å²) < 4.78 is 2.04.